The average molecular weight is 426 g/mol. The second-order valence-electron chi connectivity index (χ2n) is 6.67. The summed E-state index contributed by atoms with van der Waals surface area (Å²) < 4.78 is 12.8. The van der Waals surface area contributed by atoms with Gasteiger partial charge in [-0.1, -0.05) is 29.3 Å². The molecule has 3 aromatic rings. The highest BCUT2D eigenvalue weighted by Crippen LogP contribution is 2.40. The van der Waals surface area contributed by atoms with Gasteiger partial charge in [0, 0.05) is 17.7 Å². The lowest BCUT2D eigenvalue weighted by Crippen LogP contribution is -2.28. The third-order valence-electron chi connectivity index (χ3n) is 5.18. The summed E-state index contributed by atoms with van der Waals surface area (Å²) in [6, 6.07) is 13.2. The van der Waals surface area contributed by atoms with Crippen molar-refractivity contribution >= 4 is 23.2 Å². The number of benzene rings is 2. The Labute approximate surface area is 178 Å². The molecule has 2 aromatic carbocycles. The van der Waals surface area contributed by atoms with Crippen LogP contribution in [0.1, 0.15) is 11.1 Å². The van der Waals surface area contributed by atoms with E-state index in [2.05, 4.69) is 6.07 Å². The minimum Gasteiger partial charge on any atom is -0.493 e. The van der Waals surface area contributed by atoms with Gasteiger partial charge in [-0.15, -0.1) is 0 Å². The number of nitrogens with zero attached hydrogens (tertiary/aromatic N) is 2. The summed E-state index contributed by atoms with van der Waals surface area (Å²) in [5.41, 5.74) is 4.75. The number of pyridine rings is 1. The van der Waals surface area contributed by atoms with Crippen molar-refractivity contribution in [2.24, 2.45) is 0 Å². The molecule has 0 bridgehead atoms. The lowest BCUT2D eigenvalue weighted by atomic mass is 9.92. The summed E-state index contributed by atoms with van der Waals surface area (Å²) >= 11 is 12.3. The second kappa shape index (κ2) is 7.47. The molecule has 1 aromatic heterocycles. The van der Waals surface area contributed by atoms with Crippen LogP contribution in [0.25, 0.3) is 22.4 Å². The molecule has 0 fully saturated rings. The van der Waals surface area contributed by atoms with E-state index in [0.29, 0.717) is 39.2 Å². The molecule has 1 N–H and O–H groups in total. The number of nitrogens with one attached hydrogen (secondary N) is 1. The zero-order valence-corrected chi connectivity index (χ0v) is 17.4. The van der Waals surface area contributed by atoms with Crippen LogP contribution >= 0.6 is 23.2 Å². The third-order valence-corrected chi connectivity index (χ3v) is 5.92. The Hall–Kier alpha value is -2.94. The first-order valence-electron chi connectivity index (χ1n) is 8.91. The monoisotopic (exact) mass is 425 g/mol. The second-order valence-corrected chi connectivity index (χ2v) is 7.49. The maximum absolute atomic E-state index is 9.75. The maximum atomic E-state index is 9.75. The molecular weight excluding hydrogens is 409 g/mol. The van der Waals surface area contributed by atoms with E-state index < -0.39 is 0 Å². The van der Waals surface area contributed by atoms with Gasteiger partial charge in [0.15, 0.2) is 11.5 Å². The van der Waals surface area contributed by atoms with Crippen molar-refractivity contribution in [3.63, 3.8) is 0 Å². The van der Waals surface area contributed by atoms with Crippen molar-refractivity contribution in [1.82, 2.24) is 4.57 Å². The highest BCUT2D eigenvalue weighted by atomic mass is 35.5. The van der Waals surface area contributed by atoms with Crippen molar-refractivity contribution in [3.05, 3.63) is 63.1 Å². The molecule has 0 spiro atoms. The predicted molar refractivity (Wildman–Crippen MR) is 113 cm³/mol. The van der Waals surface area contributed by atoms with E-state index in [1.54, 1.807) is 32.4 Å². The van der Waals surface area contributed by atoms with E-state index in [0.717, 1.165) is 28.8 Å². The molecule has 0 atom stereocenters. The molecule has 0 radical (unpaired) electrons. The highest BCUT2D eigenvalue weighted by molar-refractivity contribution is 6.42. The molecule has 2 heterocycles. The van der Waals surface area contributed by atoms with Crippen molar-refractivity contribution < 1.29 is 9.47 Å². The van der Waals surface area contributed by atoms with Gasteiger partial charge < -0.3 is 14.0 Å². The molecule has 1 aliphatic heterocycles. The lowest BCUT2D eigenvalue weighted by molar-refractivity contribution is 0.354. The van der Waals surface area contributed by atoms with Crippen LogP contribution in [0.3, 0.4) is 0 Å². The topological polar surface area (TPSA) is 71.0 Å². The molecule has 0 amide bonds. The van der Waals surface area contributed by atoms with Gasteiger partial charge in [0.1, 0.15) is 17.1 Å². The number of nitriles is 1. The molecule has 5 nitrogen and oxygen atoms in total. The number of rotatable bonds is 3. The summed E-state index contributed by atoms with van der Waals surface area (Å²) in [4.78, 5) is 0. The number of methoxy groups -OCH3 is 2. The van der Waals surface area contributed by atoms with E-state index in [1.807, 2.05) is 22.8 Å². The Morgan fingerprint density at radius 3 is 2.38 bits per heavy atom. The first kappa shape index (κ1) is 19.4. The smallest absolute Gasteiger partial charge is 0.161 e. The zero-order valence-electron chi connectivity index (χ0n) is 15.8. The number of fused-ring (bicyclic) bond motifs is 3. The van der Waals surface area contributed by atoms with Crippen LogP contribution in [-0.2, 0) is 13.0 Å². The van der Waals surface area contributed by atoms with Gasteiger partial charge in [0.05, 0.1) is 30.0 Å². The van der Waals surface area contributed by atoms with Crippen LogP contribution in [0.15, 0.2) is 36.4 Å². The molecule has 29 heavy (non-hydrogen) atoms. The van der Waals surface area contributed by atoms with Crippen LogP contribution in [0.2, 0.25) is 10.0 Å². The fourth-order valence-electron chi connectivity index (χ4n) is 3.73. The van der Waals surface area contributed by atoms with Crippen molar-refractivity contribution in [3.8, 4) is 40.0 Å². The van der Waals surface area contributed by atoms with Gasteiger partial charge in [0.2, 0.25) is 0 Å². The number of aryl methyl sites for hydroxylation is 1. The number of ether oxygens (including phenoxy) is 2. The third kappa shape index (κ3) is 3.15. The van der Waals surface area contributed by atoms with Gasteiger partial charge in [-0.3, -0.25) is 5.41 Å². The minimum absolute atomic E-state index is 0.173. The Kier molecular flexibility index (Phi) is 4.99. The molecule has 1 aliphatic rings. The van der Waals surface area contributed by atoms with Crippen LogP contribution in [0, 0.1) is 16.7 Å². The molecule has 4 rings (SSSR count). The van der Waals surface area contributed by atoms with Crippen LogP contribution in [0.4, 0.5) is 0 Å². The number of halogens is 2. The van der Waals surface area contributed by atoms with E-state index >= 15 is 0 Å². The Balaban J connectivity index is 2.02. The maximum Gasteiger partial charge on any atom is 0.161 e. The average Bonchev–Trinajstić information content (AvgIpc) is 2.74. The first-order chi connectivity index (χ1) is 14.0. The van der Waals surface area contributed by atoms with E-state index in [9.17, 15) is 5.26 Å². The van der Waals surface area contributed by atoms with Gasteiger partial charge in [-0.25, -0.2) is 0 Å². The SMILES string of the molecule is COc1cc2c(cc1OC)-c1cc(-c3ccc(Cl)c(Cl)c3)c(C#N)c(=N)n1CC2. The van der Waals surface area contributed by atoms with Crippen LogP contribution < -0.4 is 15.0 Å². The molecule has 0 unspecified atom stereocenters. The molecule has 0 aliphatic carbocycles. The number of hydrogen-bond acceptors (Lipinski definition) is 4. The van der Waals surface area contributed by atoms with E-state index in [-0.39, 0.29) is 5.49 Å². The van der Waals surface area contributed by atoms with E-state index in [4.69, 9.17) is 38.1 Å². The quantitative estimate of drug-likeness (QED) is 0.637. The summed E-state index contributed by atoms with van der Waals surface area (Å²) in [6.07, 6.45) is 0.732. The minimum atomic E-state index is 0.173. The Morgan fingerprint density at radius 2 is 1.72 bits per heavy atom. The van der Waals surface area contributed by atoms with Gasteiger partial charge in [-0.2, -0.15) is 5.26 Å². The molecule has 0 saturated heterocycles. The molecular formula is C22H17Cl2N3O2. The molecule has 7 heteroatoms. The van der Waals surface area contributed by atoms with Crippen LogP contribution in [-0.4, -0.2) is 18.8 Å². The Morgan fingerprint density at radius 1 is 1.00 bits per heavy atom. The summed E-state index contributed by atoms with van der Waals surface area (Å²) in [6.45, 7) is 0.604. The van der Waals surface area contributed by atoms with E-state index in [1.165, 1.54) is 0 Å². The fraction of sp³-hybridized carbons (Fsp3) is 0.182. The zero-order chi connectivity index (χ0) is 20.7. The summed E-state index contributed by atoms with van der Waals surface area (Å²) in [5.74, 6) is 1.29. The van der Waals surface area contributed by atoms with Crippen molar-refractivity contribution in [1.29, 1.82) is 10.7 Å². The first-order valence-corrected chi connectivity index (χ1v) is 9.67. The molecule has 146 valence electrons. The van der Waals surface area contributed by atoms with Crippen molar-refractivity contribution in [2.75, 3.05) is 14.2 Å². The van der Waals surface area contributed by atoms with Crippen molar-refractivity contribution in [2.45, 2.75) is 13.0 Å². The van der Waals surface area contributed by atoms with Crippen LogP contribution in [0.5, 0.6) is 11.5 Å². The van der Waals surface area contributed by atoms with Gasteiger partial charge in [-0.05, 0) is 47.9 Å². The summed E-state index contributed by atoms with van der Waals surface area (Å²) in [5, 5.41) is 19.2. The number of hydrogen-bond donors (Lipinski definition) is 1. The fourth-order valence-corrected chi connectivity index (χ4v) is 4.03. The summed E-state index contributed by atoms with van der Waals surface area (Å²) in [7, 11) is 3.20. The largest absolute Gasteiger partial charge is 0.493 e. The molecule has 0 saturated carbocycles. The highest BCUT2D eigenvalue weighted by Gasteiger charge is 2.23. The number of aromatic nitrogens is 1. The normalized spacial score (nSPS) is 12.0. The van der Waals surface area contributed by atoms with Gasteiger partial charge in [0.25, 0.3) is 0 Å². The Bertz CT molecular complexity index is 1240. The lowest BCUT2D eigenvalue weighted by Gasteiger charge is -2.25. The predicted octanol–water partition coefficient (Wildman–Crippen LogP) is 5.05. The van der Waals surface area contributed by atoms with Gasteiger partial charge >= 0.3 is 0 Å². The standard InChI is InChI=1S/C22H17Cl2N3O2/c1-28-20-8-13-5-6-27-19(15(13)10-21(20)29-2)9-14(16(11-25)22(27)26)12-3-4-17(23)18(24)7-12/h3-4,7-10,26H,5-6H2,1-2H3.